The number of carbonyl (C=O) groups excluding carboxylic acids is 2. The lowest BCUT2D eigenvalue weighted by Gasteiger charge is -2.36. The van der Waals surface area contributed by atoms with Gasteiger partial charge >= 0.3 is 0 Å². The number of nitrogens with zero attached hydrogens (tertiary/aromatic N) is 4. The number of nitrogens with two attached hydrogens (primary N) is 1. The van der Waals surface area contributed by atoms with Gasteiger partial charge in [0, 0.05) is 52.2 Å². The van der Waals surface area contributed by atoms with Crippen LogP contribution in [0.1, 0.15) is 47.4 Å². The number of benzene rings is 2. The Morgan fingerprint density at radius 2 is 1.78 bits per heavy atom. The van der Waals surface area contributed by atoms with Crippen LogP contribution in [-0.2, 0) is 11.3 Å². The maximum atomic E-state index is 14.8. The van der Waals surface area contributed by atoms with Gasteiger partial charge in [-0.05, 0) is 56.1 Å². The van der Waals surface area contributed by atoms with Crippen LogP contribution in [0.25, 0.3) is 11.3 Å². The van der Waals surface area contributed by atoms with Crippen LogP contribution in [0.15, 0.2) is 47.0 Å². The van der Waals surface area contributed by atoms with E-state index in [1.54, 1.807) is 24.0 Å². The van der Waals surface area contributed by atoms with E-state index < -0.39 is 11.7 Å². The number of amides is 2. The largest absolute Gasteiger partial charge is 0.360 e. The maximum absolute atomic E-state index is 14.8. The first-order valence-corrected chi connectivity index (χ1v) is 14.3. The van der Waals surface area contributed by atoms with E-state index in [0.717, 1.165) is 24.8 Å². The molecule has 0 bridgehead atoms. The van der Waals surface area contributed by atoms with Crippen molar-refractivity contribution >= 4 is 23.4 Å². The van der Waals surface area contributed by atoms with Crippen LogP contribution in [0.4, 0.5) is 8.78 Å². The third kappa shape index (κ3) is 7.90. The Hall–Kier alpha value is -3.34. The summed E-state index contributed by atoms with van der Waals surface area (Å²) in [5.41, 5.74) is 6.44. The molecule has 3 aromatic rings. The lowest BCUT2D eigenvalue weighted by Crippen LogP contribution is -2.50. The van der Waals surface area contributed by atoms with E-state index in [2.05, 4.69) is 10.1 Å². The van der Waals surface area contributed by atoms with Crippen LogP contribution in [0.3, 0.4) is 0 Å². The molecule has 220 valence electrons. The minimum absolute atomic E-state index is 0.0000784. The molecule has 0 unspecified atom stereocenters. The molecule has 41 heavy (non-hydrogen) atoms. The van der Waals surface area contributed by atoms with E-state index >= 15 is 0 Å². The molecular weight excluding hydrogens is 552 g/mol. The quantitative estimate of drug-likeness (QED) is 0.303. The van der Waals surface area contributed by atoms with Crippen molar-refractivity contribution in [3.63, 3.8) is 0 Å². The van der Waals surface area contributed by atoms with Crippen LogP contribution >= 0.6 is 11.6 Å². The number of rotatable bonds is 12. The first-order valence-electron chi connectivity index (χ1n) is 13.9. The average molecular weight is 588 g/mol. The third-order valence-electron chi connectivity index (χ3n) is 7.36. The Bertz CT molecular complexity index is 1310. The van der Waals surface area contributed by atoms with Crippen LogP contribution < -0.4 is 5.73 Å². The summed E-state index contributed by atoms with van der Waals surface area (Å²) in [6, 6.07) is 10.2. The lowest BCUT2D eigenvalue weighted by molar-refractivity contribution is -0.133. The molecule has 0 radical (unpaired) electrons. The van der Waals surface area contributed by atoms with E-state index in [9.17, 15) is 18.4 Å². The van der Waals surface area contributed by atoms with E-state index in [1.807, 2.05) is 4.90 Å². The number of hydrogen-bond donors (Lipinski definition) is 1. The molecule has 8 nitrogen and oxygen atoms in total. The fraction of sp³-hybridized carbons (Fsp3) is 0.433. The summed E-state index contributed by atoms with van der Waals surface area (Å²) in [6.07, 6.45) is 3.26. The molecule has 2 amide bonds. The topological polar surface area (TPSA) is 95.9 Å². The summed E-state index contributed by atoms with van der Waals surface area (Å²) in [4.78, 5) is 32.3. The number of unbranched alkanes of at least 4 members (excludes halogenated alkanes) is 2. The summed E-state index contributed by atoms with van der Waals surface area (Å²) in [5.74, 6) is -0.973. The van der Waals surface area contributed by atoms with Gasteiger partial charge in [0.05, 0.1) is 10.6 Å². The Kier molecular flexibility index (Phi) is 10.8. The zero-order valence-corrected chi connectivity index (χ0v) is 24.0. The van der Waals surface area contributed by atoms with Crippen molar-refractivity contribution in [1.82, 2.24) is 19.9 Å². The minimum Gasteiger partial charge on any atom is -0.360 e. The van der Waals surface area contributed by atoms with Gasteiger partial charge in [-0.15, -0.1) is 0 Å². The minimum atomic E-state index is -0.614. The molecule has 0 aliphatic carbocycles. The Morgan fingerprint density at radius 1 is 1.05 bits per heavy atom. The van der Waals surface area contributed by atoms with Crippen molar-refractivity contribution in [3.05, 3.63) is 76.0 Å². The summed E-state index contributed by atoms with van der Waals surface area (Å²) in [5, 5.41) is 4.10. The summed E-state index contributed by atoms with van der Waals surface area (Å²) in [6.45, 7) is 5.98. The zero-order valence-electron chi connectivity index (χ0n) is 23.3. The van der Waals surface area contributed by atoms with E-state index in [4.69, 9.17) is 21.9 Å². The predicted octanol–water partition coefficient (Wildman–Crippen LogP) is 4.89. The van der Waals surface area contributed by atoms with E-state index in [1.165, 1.54) is 30.3 Å². The van der Waals surface area contributed by atoms with Crippen LogP contribution in [0, 0.1) is 18.6 Å². The molecule has 0 atom stereocenters. The highest BCUT2D eigenvalue weighted by molar-refractivity contribution is 6.33. The monoisotopic (exact) mass is 587 g/mol. The second-order valence-corrected chi connectivity index (χ2v) is 10.6. The van der Waals surface area contributed by atoms with Crippen molar-refractivity contribution < 1.29 is 22.9 Å². The molecular formula is C30H36ClF2N5O3. The Morgan fingerprint density at radius 3 is 2.46 bits per heavy atom. The molecule has 2 heterocycles. The van der Waals surface area contributed by atoms with Gasteiger partial charge in [-0.2, -0.15) is 0 Å². The molecule has 0 saturated carbocycles. The molecule has 2 N–H and O–H groups in total. The molecule has 1 aliphatic heterocycles. The van der Waals surface area contributed by atoms with E-state index in [0.29, 0.717) is 52.2 Å². The van der Waals surface area contributed by atoms with Crippen molar-refractivity contribution in [3.8, 4) is 11.3 Å². The second-order valence-electron chi connectivity index (χ2n) is 10.2. The van der Waals surface area contributed by atoms with Gasteiger partial charge in [-0.1, -0.05) is 41.4 Å². The number of halogens is 3. The van der Waals surface area contributed by atoms with Crippen molar-refractivity contribution in [2.24, 2.45) is 5.73 Å². The second kappa shape index (κ2) is 14.5. The Balaban J connectivity index is 1.47. The summed E-state index contributed by atoms with van der Waals surface area (Å²) < 4.78 is 33.7. The highest BCUT2D eigenvalue weighted by atomic mass is 35.5. The first-order chi connectivity index (χ1) is 19.8. The van der Waals surface area contributed by atoms with Gasteiger partial charge in [0.15, 0.2) is 0 Å². The summed E-state index contributed by atoms with van der Waals surface area (Å²) in [7, 11) is 0. The normalized spacial score (nSPS) is 13.9. The third-order valence-corrected chi connectivity index (χ3v) is 7.67. The zero-order chi connectivity index (χ0) is 29.4. The molecule has 4 rings (SSSR count). The number of piperazine rings is 1. The smallest absolute Gasteiger partial charge is 0.260 e. The fourth-order valence-corrected chi connectivity index (χ4v) is 5.23. The van der Waals surface area contributed by atoms with Gasteiger partial charge in [0.2, 0.25) is 5.91 Å². The molecule has 1 aromatic heterocycles. The average Bonchev–Trinajstić information content (AvgIpc) is 3.34. The molecule has 1 fully saturated rings. The lowest BCUT2D eigenvalue weighted by atomic mass is 10.0. The highest BCUT2D eigenvalue weighted by Gasteiger charge is 2.30. The number of aryl methyl sites for hydroxylation is 1. The number of carbonyl (C=O) groups is 2. The highest BCUT2D eigenvalue weighted by Crippen LogP contribution is 2.34. The van der Waals surface area contributed by atoms with E-state index in [-0.39, 0.29) is 45.9 Å². The fourth-order valence-electron chi connectivity index (χ4n) is 4.98. The van der Waals surface area contributed by atoms with Gasteiger partial charge in [0.1, 0.15) is 28.7 Å². The Labute approximate surface area is 244 Å². The molecule has 2 aromatic carbocycles. The van der Waals surface area contributed by atoms with Crippen LogP contribution in [0.2, 0.25) is 5.02 Å². The van der Waals surface area contributed by atoms with Crippen molar-refractivity contribution in [2.75, 3.05) is 45.8 Å². The number of aromatic nitrogens is 1. The van der Waals surface area contributed by atoms with Gasteiger partial charge in [0.25, 0.3) is 5.91 Å². The van der Waals surface area contributed by atoms with Gasteiger partial charge < -0.3 is 20.1 Å². The molecule has 0 spiro atoms. The van der Waals surface area contributed by atoms with Crippen LogP contribution in [0.5, 0.6) is 0 Å². The van der Waals surface area contributed by atoms with Gasteiger partial charge in [-0.3, -0.25) is 14.5 Å². The summed E-state index contributed by atoms with van der Waals surface area (Å²) >= 11 is 6.29. The molecule has 1 aliphatic rings. The van der Waals surface area contributed by atoms with Gasteiger partial charge in [-0.25, -0.2) is 8.78 Å². The number of hydrogen-bond acceptors (Lipinski definition) is 6. The van der Waals surface area contributed by atoms with Crippen molar-refractivity contribution in [1.29, 1.82) is 0 Å². The molecule has 1 saturated heterocycles. The maximum Gasteiger partial charge on any atom is 0.260 e. The SMILES string of the molecule is Cc1onc(-c2c(F)cccc2Cl)c1C(=O)N(CCN1CCN(C(=O)CCCCCN)CC1)Cc1ccc(F)cc1. The van der Waals surface area contributed by atoms with Crippen LogP contribution in [-0.4, -0.2) is 77.5 Å². The predicted molar refractivity (Wildman–Crippen MR) is 153 cm³/mol. The van der Waals surface area contributed by atoms with Crippen molar-refractivity contribution in [2.45, 2.75) is 39.2 Å². The molecule has 11 heteroatoms. The first kappa shape index (κ1) is 30.6. The standard InChI is InChI=1S/C30H36ClF2N5O3/c1-21-27(29(35-41-21)28-24(31)6-5-7-25(28)33)30(40)38(20-22-9-11-23(32)12-10-22)19-16-36-14-17-37(18-15-36)26(39)8-3-2-4-13-34/h5-7,9-12H,2-4,8,13-20,34H2,1H3.